The Labute approximate surface area is 141 Å². The van der Waals surface area contributed by atoms with Crippen LogP contribution in [0.5, 0.6) is 0 Å². The predicted molar refractivity (Wildman–Crippen MR) is 89.6 cm³/mol. The molecule has 1 aromatic carbocycles. The van der Waals surface area contributed by atoms with Gasteiger partial charge in [0.2, 0.25) is 11.8 Å². The van der Waals surface area contributed by atoms with Crippen molar-refractivity contribution in [3.63, 3.8) is 0 Å². The number of carbonyl (C=O) groups excluding carboxylic acids is 2. The lowest BCUT2D eigenvalue weighted by Gasteiger charge is -2.29. The Morgan fingerprint density at radius 3 is 2.75 bits per heavy atom. The van der Waals surface area contributed by atoms with Crippen LogP contribution in [0.4, 0.5) is 5.69 Å². The molecule has 3 aliphatic rings. The van der Waals surface area contributed by atoms with E-state index < -0.39 is 5.41 Å². The van der Waals surface area contributed by atoms with E-state index in [1.54, 1.807) is 0 Å². The highest BCUT2D eigenvalue weighted by atomic mass is 16.5. The number of morpholine rings is 1. The number of imide groups is 1. The second-order valence-corrected chi connectivity index (χ2v) is 7.06. The third-order valence-corrected chi connectivity index (χ3v) is 5.36. The Balaban J connectivity index is 1.43. The number of hydrogen-bond donors (Lipinski definition) is 1. The molecule has 4 rings (SSSR count). The van der Waals surface area contributed by atoms with Gasteiger partial charge in [0, 0.05) is 38.3 Å². The van der Waals surface area contributed by atoms with Crippen molar-refractivity contribution in [2.45, 2.75) is 19.4 Å². The zero-order valence-electron chi connectivity index (χ0n) is 13.8. The number of rotatable bonds is 3. The van der Waals surface area contributed by atoms with Crippen LogP contribution in [-0.2, 0) is 20.9 Å². The first-order valence-electron chi connectivity index (χ1n) is 8.63. The van der Waals surface area contributed by atoms with E-state index in [1.807, 2.05) is 0 Å². The molecule has 24 heavy (non-hydrogen) atoms. The van der Waals surface area contributed by atoms with Gasteiger partial charge in [-0.2, -0.15) is 0 Å². The number of ether oxygens (including phenoxy) is 1. The number of likely N-dealkylation sites (tertiary alicyclic amines) is 1. The summed E-state index contributed by atoms with van der Waals surface area (Å²) in [6, 6.07) is 8.60. The fourth-order valence-electron chi connectivity index (χ4n) is 4.05. The van der Waals surface area contributed by atoms with Crippen molar-refractivity contribution in [2.24, 2.45) is 5.41 Å². The predicted octanol–water partition coefficient (Wildman–Crippen LogP) is 0.762. The largest absolute Gasteiger partial charge is 0.378 e. The lowest BCUT2D eigenvalue weighted by atomic mass is 9.85. The van der Waals surface area contributed by atoms with E-state index in [9.17, 15) is 9.59 Å². The quantitative estimate of drug-likeness (QED) is 0.830. The number of amides is 2. The summed E-state index contributed by atoms with van der Waals surface area (Å²) in [5.74, 6) is -0.215. The fraction of sp³-hybridized carbons (Fsp3) is 0.556. The Hall–Kier alpha value is -1.92. The fourth-order valence-corrected chi connectivity index (χ4v) is 4.05. The Bertz CT molecular complexity index is 657. The van der Waals surface area contributed by atoms with E-state index in [1.165, 1.54) is 11.3 Å². The van der Waals surface area contributed by atoms with Crippen LogP contribution in [0.25, 0.3) is 0 Å². The normalized spacial score (nSPS) is 27.9. The van der Waals surface area contributed by atoms with Crippen LogP contribution in [0.3, 0.4) is 0 Å². The summed E-state index contributed by atoms with van der Waals surface area (Å²) < 4.78 is 5.42. The SMILES string of the molecule is O=C1C[C@@]2(CCN(Cc3cccc(N4CCOCC4)c3)C2)C(=O)N1. The first-order chi connectivity index (χ1) is 11.6. The Morgan fingerprint density at radius 1 is 1.17 bits per heavy atom. The van der Waals surface area contributed by atoms with Crippen molar-refractivity contribution >= 4 is 17.5 Å². The first-order valence-corrected chi connectivity index (χ1v) is 8.63. The summed E-state index contributed by atoms with van der Waals surface area (Å²) >= 11 is 0. The molecule has 3 heterocycles. The van der Waals surface area contributed by atoms with Gasteiger partial charge in [-0.15, -0.1) is 0 Å². The van der Waals surface area contributed by atoms with Crippen molar-refractivity contribution in [1.29, 1.82) is 0 Å². The molecule has 1 atom stereocenters. The molecule has 6 nitrogen and oxygen atoms in total. The van der Waals surface area contributed by atoms with Crippen LogP contribution in [-0.4, -0.2) is 56.1 Å². The van der Waals surface area contributed by atoms with Gasteiger partial charge >= 0.3 is 0 Å². The van der Waals surface area contributed by atoms with Gasteiger partial charge in [0.25, 0.3) is 0 Å². The number of nitrogens with one attached hydrogen (secondary N) is 1. The minimum atomic E-state index is -0.487. The van der Waals surface area contributed by atoms with Gasteiger partial charge in [0.05, 0.1) is 18.6 Å². The first kappa shape index (κ1) is 15.6. The monoisotopic (exact) mass is 329 g/mol. The Kier molecular flexibility index (Phi) is 4.02. The molecule has 128 valence electrons. The van der Waals surface area contributed by atoms with E-state index >= 15 is 0 Å². The minimum Gasteiger partial charge on any atom is -0.378 e. The lowest BCUT2D eigenvalue weighted by Crippen LogP contribution is -2.36. The van der Waals surface area contributed by atoms with Crippen LogP contribution in [0.15, 0.2) is 24.3 Å². The maximum Gasteiger partial charge on any atom is 0.234 e. The molecule has 0 aliphatic carbocycles. The van der Waals surface area contributed by atoms with Gasteiger partial charge < -0.3 is 9.64 Å². The number of carbonyl (C=O) groups is 2. The minimum absolute atomic E-state index is 0.0860. The van der Waals surface area contributed by atoms with Crippen LogP contribution in [0.1, 0.15) is 18.4 Å². The third-order valence-electron chi connectivity index (χ3n) is 5.36. The number of nitrogens with zero attached hydrogens (tertiary/aromatic N) is 2. The molecule has 3 fully saturated rings. The maximum atomic E-state index is 12.1. The molecule has 1 N–H and O–H groups in total. The van der Waals surface area contributed by atoms with Gasteiger partial charge in [-0.3, -0.25) is 19.8 Å². The third kappa shape index (κ3) is 2.91. The highest BCUT2D eigenvalue weighted by Crippen LogP contribution is 2.38. The van der Waals surface area contributed by atoms with E-state index in [0.29, 0.717) is 13.0 Å². The molecule has 0 aromatic heterocycles. The molecular formula is C18H23N3O3. The summed E-state index contributed by atoms with van der Waals surface area (Å²) in [5, 5.41) is 2.46. The summed E-state index contributed by atoms with van der Waals surface area (Å²) in [6.45, 7) is 5.78. The average Bonchev–Trinajstić information content (AvgIpc) is 3.11. The van der Waals surface area contributed by atoms with Crippen molar-refractivity contribution in [2.75, 3.05) is 44.3 Å². The van der Waals surface area contributed by atoms with E-state index in [4.69, 9.17) is 4.74 Å². The average molecular weight is 329 g/mol. The standard InChI is InChI=1S/C18H23N3O3/c22-16-11-18(17(23)19-16)4-5-20(13-18)12-14-2-1-3-15(10-14)21-6-8-24-9-7-21/h1-3,10H,4-9,11-13H2,(H,19,22,23)/t18-/m1/s1. The smallest absolute Gasteiger partial charge is 0.234 e. The number of benzene rings is 1. The molecule has 0 unspecified atom stereocenters. The van der Waals surface area contributed by atoms with Crippen LogP contribution in [0.2, 0.25) is 0 Å². The second kappa shape index (κ2) is 6.18. The molecule has 1 aromatic rings. The molecule has 6 heteroatoms. The summed E-state index contributed by atoms with van der Waals surface area (Å²) in [4.78, 5) is 28.3. The van der Waals surface area contributed by atoms with Gasteiger partial charge in [0.15, 0.2) is 0 Å². The highest BCUT2D eigenvalue weighted by molar-refractivity contribution is 6.06. The molecule has 0 radical (unpaired) electrons. The second-order valence-electron chi connectivity index (χ2n) is 7.06. The highest BCUT2D eigenvalue weighted by Gasteiger charge is 2.50. The van der Waals surface area contributed by atoms with Crippen molar-refractivity contribution < 1.29 is 14.3 Å². The molecule has 3 saturated heterocycles. The van der Waals surface area contributed by atoms with Crippen molar-refractivity contribution in [3.05, 3.63) is 29.8 Å². The summed E-state index contributed by atoms with van der Waals surface area (Å²) in [6.07, 6.45) is 1.11. The molecule has 0 saturated carbocycles. The zero-order chi connectivity index (χ0) is 16.6. The molecule has 2 amide bonds. The Morgan fingerprint density at radius 2 is 2.00 bits per heavy atom. The zero-order valence-corrected chi connectivity index (χ0v) is 13.8. The summed E-state index contributed by atoms with van der Waals surface area (Å²) in [7, 11) is 0. The molecule has 3 aliphatic heterocycles. The molecular weight excluding hydrogens is 306 g/mol. The van der Waals surface area contributed by atoms with Crippen molar-refractivity contribution in [1.82, 2.24) is 10.2 Å². The van der Waals surface area contributed by atoms with Crippen LogP contribution < -0.4 is 10.2 Å². The summed E-state index contributed by atoms with van der Waals surface area (Å²) in [5.41, 5.74) is 2.00. The van der Waals surface area contributed by atoms with Crippen LogP contribution >= 0.6 is 0 Å². The van der Waals surface area contributed by atoms with Gasteiger partial charge in [-0.25, -0.2) is 0 Å². The topological polar surface area (TPSA) is 61.9 Å². The van der Waals surface area contributed by atoms with E-state index in [2.05, 4.69) is 39.4 Å². The number of anilines is 1. The van der Waals surface area contributed by atoms with Crippen LogP contribution in [0, 0.1) is 5.41 Å². The number of hydrogen-bond acceptors (Lipinski definition) is 5. The molecule has 1 spiro atoms. The lowest BCUT2D eigenvalue weighted by molar-refractivity contribution is -0.128. The van der Waals surface area contributed by atoms with Gasteiger partial charge in [-0.05, 0) is 30.7 Å². The van der Waals surface area contributed by atoms with Crippen molar-refractivity contribution in [3.8, 4) is 0 Å². The maximum absolute atomic E-state index is 12.1. The van der Waals surface area contributed by atoms with E-state index in [-0.39, 0.29) is 11.8 Å². The van der Waals surface area contributed by atoms with Gasteiger partial charge in [0.1, 0.15) is 0 Å². The van der Waals surface area contributed by atoms with Gasteiger partial charge in [-0.1, -0.05) is 12.1 Å². The molecule has 0 bridgehead atoms. The van der Waals surface area contributed by atoms with E-state index in [0.717, 1.165) is 45.8 Å².